The summed E-state index contributed by atoms with van der Waals surface area (Å²) in [5.74, 6) is 0.0843. The summed E-state index contributed by atoms with van der Waals surface area (Å²) in [6.07, 6.45) is 3.10. The molecule has 4 nitrogen and oxygen atoms in total. The van der Waals surface area contributed by atoms with Crippen molar-refractivity contribution in [3.05, 3.63) is 69.2 Å². The van der Waals surface area contributed by atoms with Gasteiger partial charge in [0.15, 0.2) is 0 Å². The maximum Gasteiger partial charge on any atom is 0.230 e. The van der Waals surface area contributed by atoms with E-state index in [1.54, 1.807) is 0 Å². The average Bonchev–Trinajstić information content (AvgIpc) is 2.79. The molecule has 1 N–H and O–H groups in total. The smallest absolute Gasteiger partial charge is 0.230 e. The predicted molar refractivity (Wildman–Crippen MR) is 122 cm³/mol. The molecule has 6 heteroatoms. The van der Waals surface area contributed by atoms with Crippen LogP contribution in [0, 0.1) is 0 Å². The zero-order valence-corrected chi connectivity index (χ0v) is 19.3. The third-order valence-corrected chi connectivity index (χ3v) is 7.42. The van der Waals surface area contributed by atoms with E-state index in [9.17, 15) is 4.79 Å². The topological polar surface area (TPSA) is 47.6 Å². The monoisotopic (exact) mass is 491 g/mol. The minimum atomic E-state index is -0.556. The van der Waals surface area contributed by atoms with Gasteiger partial charge in [-0.15, -0.1) is 0 Å². The van der Waals surface area contributed by atoms with Crippen LogP contribution in [0.4, 0.5) is 0 Å². The molecular formula is C24H27BrClNO3. The highest BCUT2D eigenvalue weighted by atomic mass is 79.9. The van der Waals surface area contributed by atoms with E-state index in [1.165, 1.54) is 5.56 Å². The lowest BCUT2D eigenvalue weighted by Gasteiger charge is -2.41. The molecule has 0 aromatic heterocycles. The fraction of sp³-hybridized carbons (Fsp3) is 0.458. The molecule has 2 saturated heterocycles. The Labute approximate surface area is 191 Å². The first-order chi connectivity index (χ1) is 14.5. The van der Waals surface area contributed by atoms with Crippen molar-refractivity contribution >= 4 is 33.4 Å². The van der Waals surface area contributed by atoms with Crippen LogP contribution < -0.4 is 5.32 Å². The maximum atomic E-state index is 13.7. The molecule has 2 heterocycles. The fourth-order valence-corrected chi connectivity index (χ4v) is 5.16. The van der Waals surface area contributed by atoms with Crippen molar-refractivity contribution < 1.29 is 14.3 Å². The summed E-state index contributed by atoms with van der Waals surface area (Å²) < 4.78 is 12.2. The molecule has 0 aliphatic carbocycles. The van der Waals surface area contributed by atoms with E-state index < -0.39 is 5.41 Å². The number of carbonyl (C=O) groups is 1. The molecule has 30 heavy (non-hydrogen) atoms. The van der Waals surface area contributed by atoms with E-state index in [0.29, 0.717) is 45.8 Å². The van der Waals surface area contributed by atoms with E-state index in [4.69, 9.17) is 21.1 Å². The summed E-state index contributed by atoms with van der Waals surface area (Å²) in [4.78, 5) is 13.7. The Bertz CT molecular complexity index is 874. The molecule has 1 amide bonds. The number of halogens is 2. The lowest BCUT2D eigenvalue weighted by Crippen LogP contribution is -2.52. The van der Waals surface area contributed by atoms with Gasteiger partial charge in [-0.05, 0) is 61.1 Å². The number of benzene rings is 2. The van der Waals surface area contributed by atoms with Crippen LogP contribution in [0.15, 0.2) is 53.0 Å². The van der Waals surface area contributed by atoms with Gasteiger partial charge >= 0.3 is 0 Å². The summed E-state index contributed by atoms with van der Waals surface area (Å²) in [6, 6.07) is 16.1. The van der Waals surface area contributed by atoms with Crippen molar-refractivity contribution in [2.75, 3.05) is 33.0 Å². The summed E-state index contributed by atoms with van der Waals surface area (Å²) in [5.41, 5.74) is 1.50. The molecule has 0 atom stereocenters. The number of hydrogen-bond donors (Lipinski definition) is 1. The van der Waals surface area contributed by atoms with Crippen LogP contribution in [-0.4, -0.2) is 38.9 Å². The van der Waals surface area contributed by atoms with Crippen LogP contribution in [0.3, 0.4) is 0 Å². The van der Waals surface area contributed by atoms with E-state index in [0.717, 1.165) is 27.9 Å². The molecule has 0 saturated carbocycles. The Balaban J connectivity index is 1.59. The lowest BCUT2D eigenvalue weighted by atomic mass is 9.71. The molecule has 2 aromatic rings. The van der Waals surface area contributed by atoms with Gasteiger partial charge in [-0.3, -0.25) is 4.79 Å². The Morgan fingerprint density at radius 2 is 1.57 bits per heavy atom. The minimum absolute atomic E-state index is 0.0843. The standard InChI is InChI=1S/C24H27BrClNO3/c25-20-6-4-18(5-7-20)24(10-14-30-15-11-24)22(28)27-17-23(8-12-29-13-9-23)19-2-1-3-21(26)16-19/h1-7,16H,8-15,17H2,(H,27,28). The summed E-state index contributed by atoms with van der Waals surface area (Å²) in [6.45, 7) is 3.14. The third kappa shape index (κ3) is 4.45. The van der Waals surface area contributed by atoms with Crippen molar-refractivity contribution in [2.45, 2.75) is 36.5 Å². The van der Waals surface area contributed by atoms with Crippen LogP contribution >= 0.6 is 27.5 Å². The van der Waals surface area contributed by atoms with Crippen LogP contribution in [0.5, 0.6) is 0 Å². The molecule has 2 fully saturated rings. The Morgan fingerprint density at radius 1 is 0.933 bits per heavy atom. The van der Waals surface area contributed by atoms with Gasteiger partial charge in [-0.1, -0.05) is 51.8 Å². The second-order valence-corrected chi connectivity index (χ2v) is 9.64. The van der Waals surface area contributed by atoms with Crippen LogP contribution in [0.25, 0.3) is 0 Å². The highest BCUT2D eigenvalue weighted by molar-refractivity contribution is 9.10. The van der Waals surface area contributed by atoms with E-state index >= 15 is 0 Å². The van der Waals surface area contributed by atoms with Crippen molar-refractivity contribution in [3.8, 4) is 0 Å². The summed E-state index contributed by atoms with van der Waals surface area (Å²) >= 11 is 9.79. The third-order valence-electron chi connectivity index (χ3n) is 6.65. The van der Waals surface area contributed by atoms with Gasteiger partial charge in [0.25, 0.3) is 0 Å². The van der Waals surface area contributed by atoms with Gasteiger partial charge in [-0.2, -0.15) is 0 Å². The number of rotatable bonds is 5. The molecule has 0 bridgehead atoms. The van der Waals surface area contributed by atoms with Crippen LogP contribution in [-0.2, 0) is 25.1 Å². The van der Waals surface area contributed by atoms with Gasteiger partial charge in [0, 0.05) is 47.9 Å². The van der Waals surface area contributed by atoms with Crippen molar-refractivity contribution in [3.63, 3.8) is 0 Å². The molecule has 2 aliphatic heterocycles. The zero-order valence-electron chi connectivity index (χ0n) is 17.0. The van der Waals surface area contributed by atoms with Gasteiger partial charge in [-0.25, -0.2) is 0 Å². The Kier molecular flexibility index (Phi) is 6.83. The summed E-state index contributed by atoms with van der Waals surface area (Å²) in [5, 5.41) is 4.05. The summed E-state index contributed by atoms with van der Waals surface area (Å²) in [7, 11) is 0. The molecular weight excluding hydrogens is 466 g/mol. The average molecular weight is 493 g/mol. The molecule has 160 valence electrons. The van der Waals surface area contributed by atoms with Gasteiger partial charge in [0.2, 0.25) is 5.91 Å². The van der Waals surface area contributed by atoms with Crippen LogP contribution in [0.1, 0.15) is 36.8 Å². The molecule has 4 rings (SSSR count). The van der Waals surface area contributed by atoms with E-state index in [1.807, 2.05) is 30.3 Å². The number of hydrogen-bond acceptors (Lipinski definition) is 3. The van der Waals surface area contributed by atoms with E-state index in [-0.39, 0.29) is 11.3 Å². The van der Waals surface area contributed by atoms with Gasteiger partial charge in [0.05, 0.1) is 5.41 Å². The fourth-order valence-electron chi connectivity index (χ4n) is 4.70. The molecule has 2 aliphatic rings. The zero-order chi connectivity index (χ0) is 21.0. The van der Waals surface area contributed by atoms with Gasteiger partial charge < -0.3 is 14.8 Å². The quantitative estimate of drug-likeness (QED) is 0.638. The molecule has 0 unspecified atom stereocenters. The number of ether oxygens (including phenoxy) is 2. The first-order valence-electron chi connectivity index (χ1n) is 10.5. The second-order valence-electron chi connectivity index (χ2n) is 8.29. The van der Waals surface area contributed by atoms with Crippen LogP contribution in [0.2, 0.25) is 5.02 Å². The normalized spacial score (nSPS) is 20.5. The minimum Gasteiger partial charge on any atom is -0.381 e. The number of amides is 1. The number of carbonyl (C=O) groups excluding carboxylic acids is 1. The van der Waals surface area contributed by atoms with Crippen molar-refractivity contribution in [2.24, 2.45) is 0 Å². The number of nitrogens with one attached hydrogen (secondary N) is 1. The Hall–Kier alpha value is -1.40. The lowest BCUT2D eigenvalue weighted by molar-refractivity contribution is -0.131. The highest BCUT2D eigenvalue weighted by Crippen LogP contribution is 2.38. The van der Waals surface area contributed by atoms with E-state index in [2.05, 4.69) is 39.4 Å². The van der Waals surface area contributed by atoms with Crippen molar-refractivity contribution in [1.29, 1.82) is 0 Å². The first kappa shape index (κ1) is 21.8. The second kappa shape index (κ2) is 9.39. The predicted octanol–water partition coefficient (Wildman–Crippen LogP) is 5.02. The van der Waals surface area contributed by atoms with Crippen molar-refractivity contribution in [1.82, 2.24) is 5.32 Å². The largest absolute Gasteiger partial charge is 0.381 e. The molecule has 0 radical (unpaired) electrons. The highest BCUT2D eigenvalue weighted by Gasteiger charge is 2.43. The molecule has 0 spiro atoms. The SMILES string of the molecule is O=C(NCC1(c2cccc(Cl)c2)CCOCC1)C1(c2ccc(Br)cc2)CCOCC1. The molecule has 2 aromatic carbocycles. The maximum absolute atomic E-state index is 13.7. The van der Waals surface area contributed by atoms with Gasteiger partial charge in [0.1, 0.15) is 0 Å². The Morgan fingerprint density at radius 3 is 2.20 bits per heavy atom. The first-order valence-corrected chi connectivity index (χ1v) is 11.7.